The highest BCUT2D eigenvalue weighted by Gasteiger charge is 2.06. The summed E-state index contributed by atoms with van der Waals surface area (Å²) < 4.78 is 6.09. The Hall–Kier alpha value is -1.79. The van der Waals surface area contributed by atoms with Crippen molar-refractivity contribution in [3.63, 3.8) is 0 Å². The van der Waals surface area contributed by atoms with Crippen LogP contribution in [0.3, 0.4) is 0 Å². The second kappa shape index (κ2) is 8.89. The van der Waals surface area contributed by atoms with Crippen molar-refractivity contribution in [3.8, 4) is 5.75 Å². The van der Waals surface area contributed by atoms with E-state index in [-0.39, 0.29) is 11.7 Å². The van der Waals surface area contributed by atoms with Crippen LogP contribution in [-0.4, -0.2) is 24.6 Å². The molecule has 6 heteroatoms. The van der Waals surface area contributed by atoms with E-state index in [9.17, 15) is 9.59 Å². The molecule has 0 saturated heterocycles. The minimum absolute atomic E-state index is 0.00841. The number of benzene rings is 2. The molecule has 0 aliphatic heterocycles. The molecule has 0 radical (unpaired) electrons. The number of nitrogens with one attached hydrogen (secondary N) is 1. The number of hydrogen-bond donors (Lipinski definition) is 1. The summed E-state index contributed by atoms with van der Waals surface area (Å²) in [5.74, 6) is 1.82. The maximum atomic E-state index is 12.0. The van der Waals surface area contributed by atoms with Crippen molar-refractivity contribution in [1.82, 2.24) is 0 Å². The predicted molar refractivity (Wildman–Crippen MR) is 102 cm³/mol. The lowest BCUT2D eigenvalue weighted by Gasteiger charge is -2.07. The normalized spacial score (nSPS) is 10.3. The van der Waals surface area contributed by atoms with E-state index in [0.29, 0.717) is 17.0 Å². The maximum absolute atomic E-state index is 12.0. The molecule has 4 nitrogen and oxygen atoms in total. The Morgan fingerprint density at radius 2 is 1.88 bits per heavy atom. The first-order chi connectivity index (χ1) is 11.5. The molecule has 0 unspecified atom stereocenters. The fourth-order valence-electron chi connectivity index (χ4n) is 2.05. The first-order valence-electron chi connectivity index (χ1n) is 7.30. The van der Waals surface area contributed by atoms with E-state index in [2.05, 4.69) is 21.2 Å². The molecular formula is C18H18BrNO3S. The lowest BCUT2D eigenvalue weighted by Crippen LogP contribution is -2.14. The Bertz CT molecular complexity index is 732. The molecule has 0 aromatic heterocycles. The molecule has 24 heavy (non-hydrogen) atoms. The standard InChI is InChI=1S/C18H18BrNO3S/c1-12(21)14-4-6-15(7-5-14)20-18(22)11-24-10-13-3-8-17(23-2)16(19)9-13/h3-9H,10-11H2,1-2H3,(H,20,22). The van der Waals surface area contributed by atoms with Crippen LogP contribution in [0, 0.1) is 0 Å². The van der Waals surface area contributed by atoms with Gasteiger partial charge in [-0.1, -0.05) is 6.07 Å². The number of ether oxygens (including phenoxy) is 1. The summed E-state index contributed by atoms with van der Waals surface area (Å²) in [6.07, 6.45) is 0. The van der Waals surface area contributed by atoms with Crippen molar-refractivity contribution in [2.24, 2.45) is 0 Å². The van der Waals surface area contributed by atoms with Gasteiger partial charge in [-0.2, -0.15) is 0 Å². The van der Waals surface area contributed by atoms with Crippen molar-refractivity contribution in [1.29, 1.82) is 0 Å². The van der Waals surface area contributed by atoms with E-state index in [4.69, 9.17) is 4.74 Å². The average Bonchev–Trinajstić information content (AvgIpc) is 2.55. The largest absolute Gasteiger partial charge is 0.496 e. The van der Waals surface area contributed by atoms with Gasteiger partial charge in [0.15, 0.2) is 5.78 Å². The summed E-state index contributed by atoms with van der Waals surface area (Å²) in [6.45, 7) is 1.52. The molecule has 0 aliphatic carbocycles. The van der Waals surface area contributed by atoms with Crippen molar-refractivity contribution in [2.45, 2.75) is 12.7 Å². The summed E-state index contributed by atoms with van der Waals surface area (Å²) in [6, 6.07) is 12.8. The molecule has 2 rings (SSSR count). The smallest absolute Gasteiger partial charge is 0.234 e. The molecule has 0 bridgehead atoms. The summed E-state index contributed by atoms with van der Waals surface area (Å²) in [7, 11) is 1.63. The highest BCUT2D eigenvalue weighted by molar-refractivity contribution is 9.10. The molecule has 1 N–H and O–H groups in total. The molecule has 1 amide bonds. The Morgan fingerprint density at radius 3 is 2.46 bits per heavy atom. The molecule has 0 atom stereocenters. The zero-order valence-electron chi connectivity index (χ0n) is 13.5. The number of amides is 1. The van der Waals surface area contributed by atoms with E-state index in [1.165, 1.54) is 18.7 Å². The van der Waals surface area contributed by atoms with Crippen LogP contribution in [0.4, 0.5) is 5.69 Å². The van der Waals surface area contributed by atoms with Gasteiger partial charge in [-0.25, -0.2) is 0 Å². The number of carbonyl (C=O) groups is 2. The zero-order valence-corrected chi connectivity index (χ0v) is 15.9. The lowest BCUT2D eigenvalue weighted by molar-refractivity contribution is -0.113. The van der Waals surface area contributed by atoms with E-state index >= 15 is 0 Å². The first-order valence-corrected chi connectivity index (χ1v) is 9.25. The van der Waals surface area contributed by atoms with Crippen LogP contribution < -0.4 is 10.1 Å². The van der Waals surface area contributed by atoms with E-state index in [1.54, 1.807) is 31.4 Å². The average molecular weight is 408 g/mol. The topological polar surface area (TPSA) is 55.4 Å². The summed E-state index contributed by atoms with van der Waals surface area (Å²) in [5, 5.41) is 2.82. The number of halogens is 1. The van der Waals surface area contributed by atoms with Crippen molar-refractivity contribution in [2.75, 3.05) is 18.2 Å². The molecule has 0 aliphatic rings. The van der Waals surface area contributed by atoms with Crippen molar-refractivity contribution >= 4 is 45.1 Å². The van der Waals surface area contributed by atoms with E-state index in [0.717, 1.165) is 21.5 Å². The first kappa shape index (κ1) is 18.5. The molecule has 2 aromatic rings. The van der Waals surface area contributed by atoms with Crippen LogP contribution in [0.25, 0.3) is 0 Å². The maximum Gasteiger partial charge on any atom is 0.234 e. The molecule has 126 valence electrons. The van der Waals surface area contributed by atoms with Crippen LogP contribution in [0.2, 0.25) is 0 Å². The SMILES string of the molecule is COc1ccc(CSCC(=O)Nc2ccc(C(C)=O)cc2)cc1Br. The van der Waals surface area contributed by atoms with Gasteiger partial charge in [0, 0.05) is 17.0 Å². The number of methoxy groups -OCH3 is 1. The highest BCUT2D eigenvalue weighted by atomic mass is 79.9. The van der Waals surface area contributed by atoms with Crippen molar-refractivity contribution in [3.05, 3.63) is 58.1 Å². The van der Waals surface area contributed by atoms with Crippen LogP contribution in [0.15, 0.2) is 46.9 Å². The fourth-order valence-corrected chi connectivity index (χ4v) is 3.41. The predicted octanol–water partition coefficient (Wildman–Crippen LogP) is 4.53. The van der Waals surface area contributed by atoms with E-state index in [1.807, 2.05) is 18.2 Å². The highest BCUT2D eigenvalue weighted by Crippen LogP contribution is 2.27. The molecule has 0 saturated carbocycles. The van der Waals surface area contributed by atoms with Gasteiger partial charge >= 0.3 is 0 Å². The fraction of sp³-hybridized carbons (Fsp3) is 0.222. The van der Waals surface area contributed by atoms with Gasteiger partial charge in [-0.15, -0.1) is 11.8 Å². The van der Waals surface area contributed by atoms with Gasteiger partial charge in [-0.3, -0.25) is 9.59 Å². The number of carbonyl (C=O) groups excluding carboxylic acids is 2. The Morgan fingerprint density at radius 1 is 1.17 bits per heavy atom. The number of rotatable bonds is 7. The quantitative estimate of drug-likeness (QED) is 0.684. The number of Topliss-reactive ketones (excluding diaryl/α,β-unsaturated/α-hetero) is 1. The van der Waals surface area contributed by atoms with Crippen LogP contribution in [-0.2, 0) is 10.5 Å². The molecule has 0 fully saturated rings. The van der Waals surface area contributed by atoms with Gasteiger partial charge < -0.3 is 10.1 Å². The van der Waals surface area contributed by atoms with Gasteiger partial charge in [0.2, 0.25) is 5.91 Å². The van der Waals surface area contributed by atoms with Gasteiger partial charge in [0.05, 0.1) is 17.3 Å². The third-order valence-electron chi connectivity index (χ3n) is 3.29. The van der Waals surface area contributed by atoms with Crippen LogP contribution >= 0.6 is 27.7 Å². The Kier molecular flexibility index (Phi) is 6.87. The van der Waals surface area contributed by atoms with Crippen LogP contribution in [0.1, 0.15) is 22.8 Å². The Labute approximate surface area is 154 Å². The third kappa shape index (κ3) is 5.39. The Balaban J connectivity index is 1.80. The molecule has 0 spiro atoms. The second-order valence-corrected chi connectivity index (χ2v) is 6.98. The molecular weight excluding hydrogens is 390 g/mol. The summed E-state index contributed by atoms with van der Waals surface area (Å²) in [5.41, 5.74) is 2.44. The van der Waals surface area contributed by atoms with Crippen molar-refractivity contribution < 1.29 is 14.3 Å². The monoisotopic (exact) mass is 407 g/mol. The van der Waals surface area contributed by atoms with Crippen LogP contribution in [0.5, 0.6) is 5.75 Å². The van der Waals surface area contributed by atoms with Gasteiger partial charge in [0.1, 0.15) is 5.75 Å². The summed E-state index contributed by atoms with van der Waals surface area (Å²) in [4.78, 5) is 23.2. The van der Waals surface area contributed by atoms with Gasteiger partial charge in [-0.05, 0) is 64.8 Å². The van der Waals surface area contributed by atoms with Gasteiger partial charge in [0.25, 0.3) is 0 Å². The number of thioether (sulfide) groups is 1. The van der Waals surface area contributed by atoms with E-state index < -0.39 is 0 Å². The minimum atomic E-state index is -0.0665. The molecule has 0 heterocycles. The number of ketones is 1. The minimum Gasteiger partial charge on any atom is -0.496 e. The third-order valence-corrected chi connectivity index (χ3v) is 4.92. The number of hydrogen-bond acceptors (Lipinski definition) is 4. The number of anilines is 1. The second-order valence-electron chi connectivity index (χ2n) is 5.14. The molecule has 2 aromatic carbocycles. The zero-order chi connectivity index (χ0) is 17.5. The lowest BCUT2D eigenvalue weighted by atomic mass is 10.1. The summed E-state index contributed by atoms with van der Waals surface area (Å²) >= 11 is 4.99.